The number of hydrogen-bond donors (Lipinski definition) is 1. The molecule has 0 amide bonds. The van der Waals surface area contributed by atoms with Crippen molar-refractivity contribution in [2.24, 2.45) is 0 Å². The molecule has 0 spiro atoms. The van der Waals surface area contributed by atoms with Crippen LogP contribution in [0.4, 0.5) is 0 Å². The summed E-state index contributed by atoms with van der Waals surface area (Å²) in [6.45, 7) is 5.28. The molecule has 1 N–H and O–H groups in total. The molecule has 6 nitrogen and oxygen atoms in total. The van der Waals surface area contributed by atoms with Crippen molar-refractivity contribution in [3.05, 3.63) is 12.4 Å². The fourth-order valence-corrected chi connectivity index (χ4v) is 2.78. The molecular weight excluding hydrogens is 252 g/mol. The van der Waals surface area contributed by atoms with Gasteiger partial charge in [0.25, 0.3) is 0 Å². The van der Waals surface area contributed by atoms with Crippen LogP contribution < -0.4 is 5.32 Å². The Labute approximate surface area is 109 Å². The van der Waals surface area contributed by atoms with E-state index in [4.69, 9.17) is 0 Å². The van der Waals surface area contributed by atoms with Crippen molar-refractivity contribution >= 4 is 10.0 Å². The molecule has 0 aliphatic rings. The summed E-state index contributed by atoms with van der Waals surface area (Å²) in [7, 11) is 0.0535. The van der Waals surface area contributed by atoms with Crippen molar-refractivity contribution in [2.75, 3.05) is 20.6 Å². The van der Waals surface area contributed by atoms with Crippen molar-refractivity contribution < 1.29 is 8.42 Å². The molecule has 0 aliphatic heterocycles. The minimum atomic E-state index is -3.41. The summed E-state index contributed by atoms with van der Waals surface area (Å²) in [5, 5.41) is 7.12. The minimum absolute atomic E-state index is 0.0670. The van der Waals surface area contributed by atoms with E-state index in [0.29, 0.717) is 6.54 Å². The normalized spacial score (nSPS) is 12.6. The third-order valence-electron chi connectivity index (χ3n) is 2.83. The van der Waals surface area contributed by atoms with Gasteiger partial charge in [0.2, 0.25) is 10.0 Å². The van der Waals surface area contributed by atoms with Gasteiger partial charge in [-0.05, 0) is 33.9 Å². The fraction of sp³-hybridized carbons (Fsp3) is 0.727. The molecule has 104 valence electrons. The van der Waals surface area contributed by atoms with Crippen LogP contribution in [-0.4, -0.2) is 49.2 Å². The molecule has 1 aromatic heterocycles. The van der Waals surface area contributed by atoms with Crippen LogP contribution in [-0.2, 0) is 16.6 Å². The molecule has 1 rings (SSSR count). The first-order valence-electron chi connectivity index (χ1n) is 6.04. The molecule has 0 bridgehead atoms. The first-order valence-corrected chi connectivity index (χ1v) is 7.48. The second kappa shape index (κ2) is 6.31. The van der Waals surface area contributed by atoms with Crippen LogP contribution >= 0.6 is 0 Å². The highest BCUT2D eigenvalue weighted by molar-refractivity contribution is 7.89. The maximum Gasteiger partial charge on any atom is 0.246 e. The minimum Gasteiger partial charge on any atom is -0.320 e. The van der Waals surface area contributed by atoms with Crippen LogP contribution in [0.15, 0.2) is 17.3 Å². The van der Waals surface area contributed by atoms with Crippen molar-refractivity contribution in [3.8, 4) is 0 Å². The Morgan fingerprint density at radius 1 is 1.50 bits per heavy atom. The third kappa shape index (κ3) is 3.54. The molecular formula is C11H22N4O2S. The predicted octanol–water partition coefficient (Wildman–Crippen LogP) is 0.522. The largest absolute Gasteiger partial charge is 0.320 e. The number of aromatic nitrogens is 2. The molecule has 1 aromatic rings. The zero-order valence-electron chi connectivity index (χ0n) is 11.4. The van der Waals surface area contributed by atoms with Crippen LogP contribution in [0.3, 0.4) is 0 Å². The van der Waals surface area contributed by atoms with Gasteiger partial charge in [0, 0.05) is 25.8 Å². The molecule has 0 aromatic carbocycles. The summed E-state index contributed by atoms with van der Waals surface area (Å²) in [4.78, 5) is 0.253. The summed E-state index contributed by atoms with van der Waals surface area (Å²) in [6.07, 6.45) is 3.91. The predicted molar refractivity (Wildman–Crippen MR) is 70.9 cm³/mol. The number of nitrogens with zero attached hydrogens (tertiary/aromatic N) is 3. The highest BCUT2D eigenvalue weighted by atomic mass is 32.2. The van der Waals surface area contributed by atoms with Crippen LogP contribution in [0, 0.1) is 0 Å². The maximum absolute atomic E-state index is 12.2. The smallest absolute Gasteiger partial charge is 0.246 e. The van der Waals surface area contributed by atoms with Crippen molar-refractivity contribution in [1.82, 2.24) is 19.4 Å². The third-order valence-corrected chi connectivity index (χ3v) is 4.81. The van der Waals surface area contributed by atoms with Gasteiger partial charge in [-0.25, -0.2) is 8.42 Å². The van der Waals surface area contributed by atoms with Crippen molar-refractivity contribution in [3.63, 3.8) is 0 Å². The van der Waals surface area contributed by atoms with Gasteiger partial charge in [-0.15, -0.1) is 0 Å². The van der Waals surface area contributed by atoms with E-state index in [2.05, 4.69) is 10.4 Å². The maximum atomic E-state index is 12.2. The summed E-state index contributed by atoms with van der Waals surface area (Å²) in [5.74, 6) is 0. The van der Waals surface area contributed by atoms with Crippen LogP contribution in [0.25, 0.3) is 0 Å². The van der Waals surface area contributed by atoms with E-state index in [1.807, 2.05) is 20.9 Å². The Hall–Kier alpha value is -0.920. The Kier molecular flexibility index (Phi) is 5.30. The SMILES string of the molecule is CNCCCn1cc(S(=O)(=O)N(C)C(C)C)cn1. The van der Waals surface area contributed by atoms with Gasteiger partial charge in [-0.2, -0.15) is 9.40 Å². The zero-order chi connectivity index (χ0) is 13.8. The highest BCUT2D eigenvalue weighted by Crippen LogP contribution is 2.15. The molecule has 1 heterocycles. The number of sulfonamides is 1. The zero-order valence-corrected chi connectivity index (χ0v) is 12.2. The van der Waals surface area contributed by atoms with Gasteiger partial charge in [-0.3, -0.25) is 4.68 Å². The number of nitrogens with one attached hydrogen (secondary N) is 1. The van der Waals surface area contributed by atoms with E-state index in [1.165, 1.54) is 10.5 Å². The van der Waals surface area contributed by atoms with Crippen LogP contribution in [0.1, 0.15) is 20.3 Å². The molecule has 18 heavy (non-hydrogen) atoms. The van der Waals surface area contributed by atoms with E-state index in [-0.39, 0.29) is 10.9 Å². The highest BCUT2D eigenvalue weighted by Gasteiger charge is 2.24. The second-order valence-electron chi connectivity index (χ2n) is 4.51. The van der Waals surface area contributed by atoms with Gasteiger partial charge in [0.15, 0.2) is 0 Å². The monoisotopic (exact) mass is 274 g/mol. The summed E-state index contributed by atoms with van der Waals surface area (Å²) in [6, 6.07) is -0.0670. The Balaban J connectivity index is 2.79. The Morgan fingerprint density at radius 3 is 2.72 bits per heavy atom. The summed E-state index contributed by atoms with van der Waals surface area (Å²) < 4.78 is 27.4. The summed E-state index contributed by atoms with van der Waals surface area (Å²) >= 11 is 0. The molecule has 0 atom stereocenters. The second-order valence-corrected chi connectivity index (χ2v) is 6.51. The summed E-state index contributed by atoms with van der Waals surface area (Å²) in [5.41, 5.74) is 0. The van der Waals surface area contributed by atoms with Gasteiger partial charge in [-0.1, -0.05) is 0 Å². The molecule has 7 heteroatoms. The number of aryl methyl sites for hydroxylation is 1. The Bertz CT molecular complexity index is 467. The van der Waals surface area contributed by atoms with Gasteiger partial charge >= 0.3 is 0 Å². The van der Waals surface area contributed by atoms with E-state index >= 15 is 0 Å². The average molecular weight is 274 g/mol. The molecule has 0 unspecified atom stereocenters. The van der Waals surface area contributed by atoms with E-state index < -0.39 is 10.0 Å². The average Bonchev–Trinajstić information content (AvgIpc) is 2.77. The first-order chi connectivity index (χ1) is 8.39. The number of hydrogen-bond acceptors (Lipinski definition) is 4. The van der Waals surface area contributed by atoms with Crippen molar-refractivity contribution in [1.29, 1.82) is 0 Å². The quantitative estimate of drug-likeness (QED) is 0.736. The Morgan fingerprint density at radius 2 is 2.17 bits per heavy atom. The molecule has 0 saturated heterocycles. The van der Waals surface area contributed by atoms with Gasteiger partial charge in [0.1, 0.15) is 4.90 Å². The molecule has 0 fully saturated rings. The first kappa shape index (κ1) is 15.1. The standard InChI is InChI=1S/C11H22N4O2S/c1-10(2)14(4)18(16,17)11-8-13-15(9-11)7-5-6-12-3/h8-10,12H,5-7H2,1-4H3. The van der Waals surface area contributed by atoms with Crippen molar-refractivity contribution in [2.45, 2.75) is 37.8 Å². The van der Waals surface area contributed by atoms with E-state index in [9.17, 15) is 8.42 Å². The lowest BCUT2D eigenvalue weighted by molar-refractivity contribution is 0.410. The lowest BCUT2D eigenvalue weighted by Gasteiger charge is -2.19. The topological polar surface area (TPSA) is 67.2 Å². The lowest BCUT2D eigenvalue weighted by atomic mass is 10.4. The van der Waals surface area contributed by atoms with Gasteiger partial charge in [0.05, 0.1) is 6.20 Å². The van der Waals surface area contributed by atoms with E-state index in [1.54, 1.807) is 17.9 Å². The van der Waals surface area contributed by atoms with Crippen LogP contribution in [0.2, 0.25) is 0 Å². The van der Waals surface area contributed by atoms with Crippen LogP contribution in [0.5, 0.6) is 0 Å². The molecule has 0 saturated carbocycles. The number of rotatable bonds is 7. The lowest BCUT2D eigenvalue weighted by Crippen LogP contribution is -2.32. The molecule has 0 aliphatic carbocycles. The van der Waals surface area contributed by atoms with Gasteiger partial charge < -0.3 is 5.32 Å². The molecule has 0 radical (unpaired) electrons. The fourth-order valence-electron chi connectivity index (χ4n) is 1.46. The van der Waals surface area contributed by atoms with E-state index in [0.717, 1.165) is 13.0 Å².